The molecule has 116 valence electrons. The maximum Gasteiger partial charge on any atom is 0.236 e. The summed E-state index contributed by atoms with van der Waals surface area (Å²) in [5, 5.41) is 15.8. The summed E-state index contributed by atoms with van der Waals surface area (Å²) in [6.45, 7) is 4.68. The Morgan fingerprint density at radius 2 is 2.00 bits per heavy atom. The largest absolute Gasteiger partial charge is 0.507 e. The summed E-state index contributed by atoms with van der Waals surface area (Å²) in [6.07, 6.45) is 0.727. The first kappa shape index (κ1) is 15.4. The number of nitrogens with one attached hydrogen (secondary N) is 2. The number of aromatic hydroxyl groups is 1. The Morgan fingerprint density at radius 3 is 2.62 bits per heavy atom. The van der Waals surface area contributed by atoms with Crippen LogP contribution in [0, 0.1) is 5.92 Å². The van der Waals surface area contributed by atoms with Gasteiger partial charge in [-0.25, -0.2) is 0 Å². The molecule has 0 aromatic heterocycles. The summed E-state index contributed by atoms with van der Waals surface area (Å²) in [6, 6.07) is 2.98. The molecule has 1 aromatic carbocycles. The molecule has 0 saturated heterocycles. The highest BCUT2D eigenvalue weighted by atomic mass is 16.7. The van der Waals surface area contributed by atoms with Gasteiger partial charge in [0.1, 0.15) is 5.75 Å². The fourth-order valence-corrected chi connectivity index (χ4v) is 2.28. The molecule has 1 atom stereocenters. The van der Waals surface area contributed by atoms with Crippen LogP contribution in [-0.2, 0) is 11.3 Å². The van der Waals surface area contributed by atoms with E-state index in [1.54, 1.807) is 13.1 Å². The van der Waals surface area contributed by atoms with Gasteiger partial charge in [-0.3, -0.25) is 4.79 Å². The maximum absolute atomic E-state index is 11.9. The second-order valence-electron chi connectivity index (χ2n) is 5.51. The van der Waals surface area contributed by atoms with Gasteiger partial charge in [0.2, 0.25) is 12.7 Å². The SMILES string of the molecule is CNC(=O)C(CC(C)C)NCc1cc2c(cc1O)OCO2. The number of phenols is 1. The number of hydrogen-bond donors (Lipinski definition) is 3. The van der Waals surface area contributed by atoms with Crippen molar-refractivity contribution in [2.24, 2.45) is 5.92 Å². The van der Waals surface area contributed by atoms with Crippen LogP contribution in [-0.4, -0.2) is 30.9 Å². The predicted octanol–water partition coefficient (Wildman–Crippen LogP) is 1.37. The van der Waals surface area contributed by atoms with Crippen molar-refractivity contribution in [2.45, 2.75) is 32.9 Å². The molecule has 1 aromatic rings. The number of phenolic OH excluding ortho intramolecular Hbond substituents is 1. The van der Waals surface area contributed by atoms with Gasteiger partial charge in [0, 0.05) is 25.2 Å². The van der Waals surface area contributed by atoms with Crippen LogP contribution in [0.25, 0.3) is 0 Å². The van der Waals surface area contributed by atoms with Crippen LogP contribution in [0.3, 0.4) is 0 Å². The van der Waals surface area contributed by atoms with Crippen molar-refractivity contribution in [3.05, 3.63) is 17.7 Å². The summed E-state index contributed by atoms with van der Waals surface area (Å²) < 4.78 is 10.5. The van der Waals surface area contributed by atoms with Gasteiger partial charge in [-0.15, -0.1) is 0 Å². The first-order valence-electron chi connectivity index (χ1n) is 7.07. The Bertz CT molecular complexity index is 517. The summed E-state index contributed by atoms with van der Waals surface area (Å²) in [5.74, 6) is 1.63. The van der Waals surface area contributed by atoms with E-state index >= 15 is 0 Å². The van der Waals surface area contributed by atoms with Crippen molar-refractivity contribution in [1.82, 2.24) is 10.6 Å². The molecule has 1 aliphatic heterocycles. The first-order valence-corrected chi connectivity index (χ1v) is 7.07. The molecule has 6 heteroatoms. The summed E-state index contributed by atoms with van der Waals surface area (Å²) in [5.41, 5.74) is 0.678. The maximum atomic E-state index is 11.9. The molecule has 21 heavy (non-hydrogen) atoms. The smallest absolute Gasteiger partial charge is 0.236 e. The van der Waals surface area contributed by atoms with Gasteiger partial charge in [-0.05, 0) is 18.4 Å². The molecule has 0 fully saturated rings. The van der Waals surface area contributed by atoms with Crippen LogP contribution in [0.15, 0.2) is 12.1 Å². The minimum Gasteiger partial charge on any atom is -0.507 e. The second-order valence-corrected chi connectivity index (χ2v) is 5.51. The lowest BCUT2D eigenvalue weighted by atomic mass is 10.0. The lowest BCUT2D eigenvalue weighted by Crippen LogP contribution is -2.43. The fraction of sp³-hybridized carbons (Fsp3) is 0.533. The van der Waals surface area contributed by atoms with Crippen LogP contribution in [0.1, 0.15) is 25.8 Å². The van der Waals surface area contributed by atoms with Crippen molar-refractivity contribution in [3.63, 3.8) is 0 Å². The molecule has 1 amide bonds. The van der Waals surface area contributed by atoms with E-state index in [4.69, 9.17) is 9.47 Å². The Labute approximate surface area is 124 Å². The van der Waals surface area contributed by atoms with Crippen LogP contribution in [0.4, 0.5) is 0 Å². The van der Waals surface area contributed by atoms with E-state index < -0.39 is 0 Å². The number of rotatable bonds is 6. The summed E-state index contributed by atoms with van der Waals surface area (Å²) in [7, 11) is 1.62. The molecule has 6 nitrogen and oxygen atoms in total. The highest BCUT2D eigenvalue weighted by Gasteiger charge is 2.20. The zero-order chi connectivity index (χ0) is 15.4. The van der Waals surface area contributed by atoms with E-state index in [1.165, 1.54) is 6.07 Å². The number of carbonyl (C=O) groups is 1. The number of likely N-dealkylation sites (N-methyl/N-ethyl adjacent to an activating group) is 1. The van der Waals surface area contributed by atoms with Crippen molar-refractivity contribution in [3.8, 4) is 17.2 Å². The molecule has 0 spiro atoms. The highest BCUT2D eigenvalue weighted by molar-refractivity contribution is 5.81. The first-order chi connectivity index (χ1) is 10.0. The van der Waals surface area contributed by atoms with E-state index in [2.05, 4.69) is 24.5 Å². The Kier molecular flexibility index (Phi) is 4.90. The molecule has 0 radical (unpaired) electrons. The fourth-order valence-electron chi connectivity index (χ4n) is 2.28. The third-order valence-electron chi connectivity index (χ3n) is 3.38. The zero-order valence-electron chi connectivity index (χ0n) is 12.6. The molecular formula is C15H22N2O4. The molecule has 0 aliphatic carbocycles. The molecule has 0 saturated carbocycles. The van der Waals surface area contributed by atoms with Gasteiger partial charge in [-0.1, -0.05) is 13.8 Å². The summed E-state index contributed by atoms with van der Waals surface area (Å²) in [4.78, 5) is 11.9. The van der Waals surface area contributed by atoms with Crippen LogP contribution < -0.4 is 20.1 Å². The van der Waals surface area contributed by atoms with Gasteiger partial charge in [0.05, 0.1) is 6.04 Å². The van der Waals surface area contributed by atoms with Crippen molar-refractivity contribution < 1.29 is 19.4 Å². The molecule has 1 heterocycles. The van der Waals surface area contributed by atoms with E-state index in [-0.39, 0.29) is 24.5 Å². The Hall–Kier alpha value is -1.95. The van der Waals surface area contributed by atoms with E-state index in [9.17, 15) is 9.90 Å². The predicted molar refractivity (Wildman–Crippen MR) is 78.4 cm³/mol. The van der Waals surface area contributed by atoms with Gasteiger partial charge in [-0.2, -0.15) is 0 Å². The van der Waals surface area contributed by atoms with Crippen LogP contribution >= 0.6 is 0 Å². The number of fused-ring (bicyclic) bond motifs is 1. The minimum absolute atomic E-state index is 0.0519. The van der Waals surface area contributed by atoms with Gasteiger partial charge >= 0.3 is 0 Å². The number of hydrogen-bond acceptors (Lipinski definition) is 5. The monoisotopic (exact) mass is 294 g/mol. The third kappa shape index (κ3) is 3.78. The topological polar surface area (TPSA) is 79.8 Å². The second kappa shape index (κ2) is 6.67. The summed E-state index contributed by atoms with van der Waals surface area (Å²) >= 11 is 0. The number of benzene rings is 1. The zero-order valence-corrected chi connectivity index (χ0v) is 12.6. The molecule has 1 unspecified atom stereocenters. The minimum atomic E-state index is -0.292. The lowest BCUT2D eigenvalue weighted by molar-refractivity contribution is -0.123. The number of amides is 1. The number of carbonyl (C=O) groups excluding carboxylic acids is 1. The molecule has 3 N–H and O–H groups in total. The van der Waals surface area contributed by atoms with Gasteiger partial charge in [0.15, 0.2) is 11.5 Å². The van der Waals surface area contributed by atoms with Crippen molar-refractivity contribution in [2.75, 3.05) is 13.8 Å². The molecular weight excluding hydrogens is 272 g/mol. The van der Waals surface area contributed by atoms with Crippen molar-refractivity contribution in [1.29, 1.82) is 0 Å². The molecule has 0 bridgehead atoms. The van der Waals surface area contributed by atoms with E-state index in [1.807, 2.05) is 0 Å². The lowest BCUT2D eigenvalue weighted by Gasteiger charge is -2.19. The number of ether oxygens (including phenoxy) is 2. The quantitative estimate of drug-likeness (QED) is 0.738. The van der Waals surface area contributed by atoms with Crippen LogP contribution in [0.2, 0.25) is 0 Å². The van der Waals surface area contributed by atoms with E-state index in [0.717, 1.165) is 6.42 Å². The average Bonchev–Trinajstić information content (AvgIpc) is 2.88. The third-order valence-corrected chi connectivity index (χ3v) is 3.38. The standard InChI is InChI=1S/C15H22N2O4/c1-9(2)4-11(15(19)16-3)17-7-10-5-13-14(6-12(10)18)21-8-20-13/h5-6,9,11,17-18H,4,7-8H2,1-3H3,(H,16,19). The molecule has 2 rings (SSSR count). The normalized spacial score (nSPS) is 14.3. The van der Waals surface area contributed by atoms with Crippen molar-refractivity contribution >= 4 is 5.91 Å². The Balaban J connectivity index is 2.05. The van der Waals surface area contributed by atoms with Gasteiger partial charge in [0.25, 0.3) is 0 Å². The van der Waals surface area contributed by atoms with Gasteiger partial charge < -0.3 is 25.2 Å². The highest BCUT2D eigenvalue weighted by Crippen LogP contribution is 2.37. The van der Waals surface area contributed by atoms with Crippen LogP contribution in [0.5, 0.6) is 17.2 Å². The van der Waals surface area contributed by atoms with E-state index in [0.29, 0.717) is 29.5 Å². The Morgan fingerprint density at radius 1 is 1.33 bits per heavy atom. The molecule has 1 aliphatic rings. The average molecular weight is 294 g/mol.